The molecule has 1 heteroatoms. The zero-order chi connectivity index (χ0) is 10.6. The second kappa shape index (κ2) is 4.66. The molecular weight excluding hydrogens is 170 g/mol. The highest BCUT2D eigenvalue weighted by Crippen LogP contribution is 2.21. The van der Waals surface area contributed by atoms with Crippen molar-refractivity contribution in [2.45, 2.75) is 19.8 Å². The van der Waals surface area contributed by atoms with Crippen LogP contribution < -0.4 is 5.73 Å². The fourth-order valence-electron chi connectivity index (χ4n) is 1.27. The molecule has 0 fully saturated rings. The molecule has 14 heavy (non-hydrogen) atoms. The molecule has 0 aromatic heterocycles. The molecule has 0 spiro atoms. The van der Waals surface area contributed by atoms with Crippen LogP contribution in [0.1, 0.15) is 19.8 Å². The Kier molecular flexibility index (Phi) is 3.52. The predicted octanol–water partition coefficient (Wildman–Crippen LogP) is 3.24. The third kappa shape index (κ3) is 3.09. The van der Waals surface area contributed by atoms with Gasteiger partial charge >= 0.3 is 0 Å². The first-order chi connectivity index (χ1) is 6.59. The Labute approximate surface area is 86.0 Å². The smallest absolute Gasteiger partial charge is 0.00839 e. The molecular formula is C13H17N. The van der Waals surface area contributed by atoms with Gasteiger partial charge in [0.1, 0.15) is 0 Å². The van der Waals surface area contributed by atoms with Gasteiger partial charge in [-0.1, -0.05) is 37.0 Å². The summed E-state index contributed by atoms with van der Waals surface area (Å²) in [5, 5.41) is 0. The maximum absolute atomic E-state index is 5.67. The van der Waals surface area contributed by atoms with Gasteiger partial charge in [0.05, 0.1) is 0 Å². The second-order valence-corrected chi connectivity index (χ2v) is 3.64. The lowest BCUT2D eigenvalue weighted by atomic mass is 9.96. The maximum Gasteiger partial charge on any atom is 0.00839 e. The third-order valence-electron chi connectivity index (χ3n) is 2.16. The van der Waals surface area contributed by atoms with Gasteiger partial charge in [-0.25, -0.2) is 0 Å². The van der Waals surface area contributed by atoms with Crippen LogP contribution >= 0.6 is 0 Å². The molecule has 1 rings (SSSR count). The van der Waals surface area contributed by atoms with Crippen LogP contribution in [-0.2, 0) is 0 Å². The van der Waals surface area contributed by atoms with Gasteiger partial charge < -0.3 is 5.73 Å². The SMILES string of the molecule is C=C(C)/C=C\C(=C)C1=CC=C(N)CC1. The monoisotopic (exact) mass is 187 g/mol. The van der Waals surface area contributed by atoms with Gasteiger partial charge in [0, 0.05) is 5.70 Å². The topological polar surface area (TPSA) is 26.0 Å². The van der Waals surface area contributed by atoms with Crippen LogP contribution in [0.15, 0.2) is 59.9 Å². The first-order valence-corrected chi connectivity index (χ1v) is 4.77. The molecule has 0 saturated heterocycles. The van der Waals surface area contributed by atoms with Crippen molar-refractivity contribution in [1.82, 2.24) is 0 Å². The Morgan fingerprint density at radius 1 is 1.29 bits per heavy atom. The Morgan fingerprint density at radius 2 is 2.00 bits per heavy atom. The zero-order valence-electron chi connectivity index (χ0n) is 8.72. The summed E-state index contributed by atoms with van der Waals surface area (Å²) in [7, 11) is 0. The highest BCUT2D eigenvalue weighted by atomic mass is 14.6. The van der Waals surface area contributed by atoms with E-state index in [0.29, 0.717) is 0 Å². The van der Waals surface area contributed by atoms with Crippen molar-refractivity contribution in [3.8, 4) is 0 Å². The first kappa shape index (κ1) is 10.6. The number of hydrogen-bond acceptors (Lipinski definition) is 1. The maximum atomic E-state index is 5.67. The Bertz CT molecular complexity index is 340. The fourth-order valence-corrected chi connectivity index (χ4v) is 1.27. The van der Waals surface area contributed by atoms with E-state index in [9.17, 15) is 0 Å². The molecule has 1 aliphatic carbocycles. The van der Waals surface area contributed by atoms with Gasteiger partial charge in [-0.2, -0.15) is 0 Å². The quantitative estimate of drug-likeness (QED) is 0.674. The number of allylic oxidation sites excluding steroid dienone is 8. The van der Waals surface area contributed by atoms with Crippen molar-refractivity contribution in [3.63, 3.8) is 0 Å². The molecule has 74 valence electrons. The Hall–Kier alpha value is -1.50. The van der Waals surface area contributed by atoms with Crippen molar-refractivity contribution in [2.75, 3.05) is 0 Å². The molecule has 2 N–H and O–H groups in total. The van der Waals surface area contributed by atoms with Gasteiger partial charge in [0.25, 0.3) is 0 Å². The van der Waals surface area contributed by atoms with Gasteiger partial charge in [-0.3, -0.25) is 0 Å². The van der Waals surface area contributed by atoms with Gasteiger partial charge in [0.2, 0.25) is 0 Å². The van der Waals surface area contributed by atoms with E-state index < -0.39 is 0 Å². The zero-order valence-corrected chi connectivity index (χ0v) is 8.72. The van der Waals surface area contributed by atoms with Crippen LogP contribution in [0.3, 0.4) is 0 Å². The van der Waals surface area contributed by atoms with Crippen molar-refractivity contribution >= 4 is 0 Å². The van der Waals surface area contributed by atoms with E-state index in [2.05, 4.69) is 13.2 Å². The summed E-state index contributed by atoms with van der Waals surface area (Å²) >= 11 is 0. The minimum Gasteiger partial charge on any atom is -0.402 e. The summed E-state index contributed by atoms with van der Waals surface area (Å²) < 4.78 is 0. The molecule has 1 aliphatic rings. The minimum atomic E-state index is 0.936. The molecule has 1 nitrogen and oxygen atoms in total. The van der Waals surface area contributed by atoms with Gasteiger partial charge in [0.15, 0.2) is 0 Å². The number of rotatable bonds is 3. The molecule has 0 unspecified atom stereocenters. The van der Waals surface area contributed by atoms with E-state index in [1.54, 1.807) is 0 Å². The molecule has 0 radical (unpaired) electrons. The molecule has 0 bridgehead atoms. The van der Waals surface area contributed by atoms with E-state index in [0.717, 1.165) is 29.7 Å². The number of hydrogen-bond donors (Lipinski definition) is 1. The summed E-state index contributed by atoms with van der Waals surface area (Å²) in [5.41, 5.74) is 9.98. The lowest BCUT2D eigenvalue weighted by Gasteiger charge is -2.11. The summed E-state index contributed by atoms with van der Waals surface area (Å²) in [4.78, 5) is 0. The largest absolute Gasteiger partial charge is 0.402 e. The van der Waals surface area contributed by atoms with E-state index >= 15 is 0 Å². The van der Waals surface area contributed by atoms with E-state index in [1.165, 1.54) is 5.57 Å². The average Bonchev–Trinajstić information content (AvgIpc) is 2.15. The lowest BCUT2D eigenvalue weighted by molar-refractivity contribution is 0.905. The summed E-state index contributed by atoms with van der Waals surface area (Å²) in [6.45, 7) is 9.78. The van der Waals surface area contributed by atoms with Crippen LogP contribution in [0.5, 0.6) is 0 Å². The summed E-state index contributed by atoms with van der Waals surface area (Å²) in [5.74, 6) is 0. The van der Waals surface area contributed by atoms with Gasteiger partial charge in [-0.15, -0.1) is 0 Å². The molecule has 0 aliphatic heterocycles. The highest BCUT2D eigenvalue weighted by Gasteiger charge is 2.04. The number of nitrogens with two attached hydrogens (primary N) is 1. The van der Waals surface area contributed by atoms with Crippen LogP contribution in [0, 0.1) is 0 Å². The normalized spacial score (nSPS) is 16.4. The van der Waals surface area contributed by atoms with E-state index in [4.69, 9.17) is 5.73 Å². The van der Waals surface area contributed by atoms with Crippen molar-refractivity contribution < 1.29 is 0 Å². The van der Waals surface area contributed by atoms with Crippen LogP contribution in [0.4, 0.5) is 0 Å². The van der Waals surface area contributed by atoms with E-state index in [1.807, 2.05) is 31.2 Å². The van der Waals surface area contributed by atoms with Crippen molar-refractivity contribution in [1.29, 1.82) is 0 Å². The molecule has 0 aromatic carbocycles. The van der Waals surface area contributed by atoms with Gasteiger partial charge in [-0.05, 0) is 37.0 Å². The van der Waals surface area contributed by atoms with Crippen molar-refractivity contribution in [3.05, 3.63) is 59.9 Å². The third-order valence-corrected chi connectivity index (χ3v) is 2.16. The van der Waals surface area contributed by atoms with Crippen LogP contribution in [-0.4, -0.2) is 0 Å². The van der Waals surface area contributed by atoms with Crippen LogP contribution in [0.2, 0.25) is 0 Å². The summed E-state index contributed by atoms with van der Waals surface area (Å²) in [6, 6.07) is 0. The molecule has 0 atom stereocenters. The Morgan fingerprint density at radius 3 is 2.50 bits per heavy atom. The summed E-state index contributed by atoms with van der Waals surface area (Å²) in [6.07, 6.45) is 9.91. The predicted molar refractivity (Wildman–Crippen MR) is 62.7 cm³/mol. The van der Waals surface area contributed by atoms with Crippen LogP contribution in [0.25, 0.3) is 0 Å². The molecule has 0 amide bonds. The molecule has 0 saturated carbocycles. The Balaban J connectivity index is 2.67. The van der Waals surface area contributed by atoms with Crippen molar-refractivity contribution in [2.24, 2.45) is 5.73 Å². The average molecular weight is 187 g/mol. The minimum absolute atomic E-state index is 0.936. The highest BCUT2D eigenvalue weighted by molar-refractivity contribution is 5.43. The van der Waals surface area contributed by atoms with E-state index in [-0.39, 0.29) is 0 Å². The molecule has 0 heterocycles. The standard InChI is InChI=1S/C13H17N/c1-10(2)4-5-11(3)12-6-8-13(14)9-7-12/h4-6,8H,1,3,7,9,14H2,2H3/b5-4-. The fraction of sp³-hybridized carbons (Fsp3) is 0.231. The lowest BCUT2D eigenvalue weighted by Crippen LogP contribution is -2.02. The second-order valence-electron chi connectivity index (χ2n) is 3.64. The molecule has 0 aromatic rings. The first-order valence-electron chi connectivity index (χ1n) is 4.77.